The van der Waals surface area contributed by atoms with Crippen molar-refractivity contribution in [2.75, 3.05) is 0 Å². The van der Waals surface area contributed by atoms with Gasteiger partial charge in [0.2, 0.25) is 0 Å². The molecule has 1 nitrogen and oxygen atoms in total. The van der Waals surface area contributed by atoms with Gasteiger partial charge in [0.25, 0.3) is 0 Å². The second-order valence-electron chi connectivity index (χ2n) is 4.85. The molecule has 0 aliphatic rings. The van der Waals surface area contributed by atoms with Crippen molar-refractivity contribution in [1.82, 2.24) is 0 Å². The Morgan fingerprint density at radius 2 is 1.60 bits per heavy atom. The van der Waals surface area contributed by atoms with E-state index in [0.717, 1.165) is 35.6 Å². The van der Waals surface area contributed by atoms with E-state index < -0.39 is 17.7 Å². The van der Waals surface area contributed by atoms with E-state index in [-0.39, 0.29) is 5.56 Å². The Morgan fingerprint density at radius 1 is 0.950 bits per heavy atom. The highest BCUT2D eigenvalue weighted by atomic mass is 19.1. The average Bonchev–Trinajstić information content (AvgIpc) is 2.44. The molecule has 0 fully saturated rings. The molecule has 2 rings (SSSR count). The first-order chi connectivity index (χ1) is 9.55. The number of halogens is 2. The Balaban J connectivity index is 2.48. The summed E-state index contributed by atoms with van der Waals surface area (Å²) in [5, 5.41) is 10.4. The van der Waals surface area contributed by atoms with Gasteiger partial charge >= 0.3 is 0 Å². The third kappa shape index (κ3) is 3.05. The van der Waals surface area contributed by atoms with Crippen LogP contribution in [0.1, 0.15) is 42.2 Å². The summed E-state index contributed by atoms with van der Waals surface area (Å²) >= 11 is 0. The maximum absolute atomic E-state index is 13.3. The van der Waals surface area contributed by atoms with Crippen LogP contribution >= 0.6 is 0 Å². The average molecular weight is 276 g/mol. The lowest BCUT2D eigenvalue weighted by molar-refractivity contribution is 0.218. The van der Waals surface area contributed by atoms with Gasteiger partial charge in [0, 0.05) is 6.07 Å². The fourth-order valence-electron chi connectivity index (χ4n) is 2.35. The van der Waals surface area contributed by atoms with Crippen LogP contribution in [-0.4, -0.2) is 5.11 Å². The molecule has 2 aromatic rings. The summed E-state index contributed by atoms with van der Waals surface area (Å²) in [6.07, 6.45) is 0.594. The van der Waals surface area contributed by atoms with Crippen LogP contribution in [0.5, 0.6) is 0 Å². The number of hydrogen-bond donors (Lipinski definition) is 1. The van der Waals surface area contributed by atoms with E-state index in [1.165, 1.54) is 12.1 Å². The second-order valence-corrected chi connectivity index (χ2v) is 4.85. The summed E-state index contributed by atoms with van der Waals surface area (Å²) in [4.78, 5) is 0. The molecule has 0 heterocycles. The molecule has 0 aliphatic heterocycles. The minimum atomic E-state index is -1.01. The smallest absolute Gasteiger partial charge is 0.126 e. The van der Waals surface area contributed by atoms with E-state index in [0.29, 0.717) is 0 Å². The largest absolute Gasteiger partial charge is 0.384 e. The minimum absolute atomic E-state index is 0.241. The minimum Gasteiger partial charge on any atom is -0.384 e. The summed E-state index contributed by atoms with van der Waals surface area (Å²) in [5.74, 6) is -1.35. The molecule has 2 aromatic carbocycles. The lowest BCUT2D eigenvalue weighted by Crippen LogP contribution is -2.05. The Kier molecular flexibility index (Phi) is 4.50. The van der Waals surface area contributed by atoms with Crippen molar-refractivity contribution in [3.8, 4) is 0 Å². The van der Waals surface area contributed by atoms with Crippen LogP contribution in [0.25, 0.3) is 0 Å². The summed E-state index contributed by atoms with van der Waals surface area (Å²) in [6.45, 7) is 4.02. The van der Waals surface area contributed by atoms with E-state index in [1.54, 1.807) is 0 Å². The normalized spacial score (nSPS) is 12.4. The van der Waals surface area contributed by atoms with Crippen molar-refractivity contribution < 1.29 is 13.9 Å². The van der Waals surface area contributed by atoms with Crippen molar-refractivity contribution in [3.05, 3.63) is 70.3 Å². The van der Waals surface area contributed by atoms with Crippen molar-refractivity contribution in [3.63, 3.8) is 0 Å². The molecule has 0 aromatic heterocycles. The van der Waals surface area contributed by atoms with Gasteiger partial charge in [0.15, 0.2) is 0 Å². The Bertz CT molecular complexity index is 588. The molecule has 0 bridgehead atoms. The van der Waals surface area contributed by atoms with Crippen molar-refractivity contribution in [2.45, 2.75) is 32.8 Å². The molecule has 1 unspecified atom stereocenters. The fraction of sp³-hybridized carbons (Fsp3) is 0.294. The van der Waals surface area contributed by atoms with Gasteiger partial charge in [-0.25, -0.2) is 8.78 Å². The Morgan fingerprint density at radius 3 is 2.15 bits per heavy atom. The molecule has 0 aliphatic carbocycles. The molecule has 0 radical (unpaired) electrons. The number of aliphatic hydroxyl groups excluding tert-OH is 1. The molecule has 0 saturated heterocycles. The molecule has 0 saturated carbocycles. The standard InChI is InChI=1S/C17H18F2O/c1-3-11-5-6-12(4-2)16(7-11)17(20)13-8-14(18)10-15(19)9-13/h5-10,17,20H,3-4H2,1-2H3. The van der Waals surface area contributed by atoms with Gasteiger partial charge in [-0.1, -0.05) is 32.0 Å². The molecule has 0 amide bonds. The van der Waals surface area contributed by atoms with Crippen LogP contribution in [0.15, 0.2) is 36.4 Å². The first-order valence-corrected chi connectivity index (χ1v) is 6.80. The van der Waals surface area contributed by atoms with Crippen LogP contribution < -0.4 is 0 Å². The van der Waals surface area contributed by atoms with Gasteiger partial charge in [0.1, 0.15) is 17.7 Å². The van der Waals surface area contributed by atoms with Gasteiger partial charge in [-0.3, -0.25) is 0 Å². The zero-order valence-electron chi connectivity index (χ0n) is 11.7. The van der Waals surface area contributed by atoms with Crippen molar-refractivity contribution >= 4 is 0 Å². The monoisotopic (exact) mass is 276 g/mol. The maximum Gasteiger partial charge on any atom is 0.126 e. The maximum atomic E-state index is 13.3. The van der Waals surface area contributed by atoms with Crippen LogP contribution in [0.2, 0.25) is 0 Å². The van der Waals surface area contributed by atoms with E-state index in [2.05, 4.69) is 0 Å². The third-order valence-electron chi connectivity index (χ3n) is 3.49. The number of hydrogen-bond acceptors (Lipinski definition) is 1. The van der Waals surface area contributed by atoms with E-state index in [1.807, 2.05) is 32.0 Å². The highest BCUT2D eigenvalue weighted by molar-refractivity contribution is 5.39. The summed E-state index contributed by atoms with van der Waals surface area (Å²) < 4.78 is 26.6. The number of benzene rings is 2. The van der Waals surface area contributed by atoms with Gasteiger partial charge in [-0.2, -0.15) is 0 Å². The van der Waals surface area contributed by atoms with Gasteiger partial charge in [-0.05, 0) is 47.2 Å². The molecule has 3 heteroatoms. The predicted molar refractivity (Wildman–Crippen MR) is 75.6 cm³/mol. The summed E-state index contributed by atoms with van der Waals surface area (Å²) in [5.41, 5.74) is 3.04. The SMILES string of the molecule is CCc1ccc(CC)c(C(O)c2cc(F)cc(F)c2)c1. The highest BCUT2D eigenvalue weighted by Crippen LogP contribution is 2.27. The zero-order chi connectivity index (χ0) is 14.7. The summed E-state index contributed by atoms with van der Waals surface area (Å²) in [7, 11) is 0. The third-order valence-corrected chi connectivity index (χ3v) is 3.49. The molecule has 20 heavy (non-hydrogen) atoms. The number of rotatable bonds is 4. The molecular weight excluding hydrogens is 258 g/mol. The van der Waals surface area contributed by atoms with Gasteiger partial charge in [-0.15, -0.1) is 0 Å². The van der Waals surface area contributed by atoms with Crippen molar-refractivity contribution in [1.29, 1.82) is 0 Å². The van der Waals surface area contributed by atoms with Gasteiger partial charge < -0.3 is 5.11 Å². The first kappa shape index (κ1) is 14.7. The van der Waals surface area contributed by atoms with Crippen LogP contribution in [-0.2, 0) is 12.8 Å². The first-order valence-electron chi connectivity index (χ1n) is 6.80. The molecular formula is C17H18F2O. The fourth-order valence-corrected chi connectivity index (χ4v) is 2.35. The van der Waals surface area contributed by atoms with Gasteiger partial charge in [0.05, 0.1) is 0 Å². The molecule has 106 valence electrons. The Labute approximate surface area is 117 Å². The lowest BCUT2D eigenvalue weighted by Gasteiger charge is -2.17. The van der Waals surface area contributed by atoms with E-state index in [9.17, 15) is 13.9 Å². The molecule has 0 spiro atoms. The number of aliphatic hydroxyl groups is 1. The summed E-state index contributed by atoms with van der Waals surface area (Å²) in [6, 6.07) is 9.04. The van der Waals surface area contributed by atoms with Crippen LogP contribution in [0, 0.1) is 11.6 Å². The number of aryl methyl sites for hydroxylation is 2. The van der Waals surface area contributed by atoms with Crippen LogP contribution in [0.4, 0.5) is 8.78 Å². The topological polar surface area (TPSA) is 20.2 Å². The zero-order valence-corrected chi connectivity index (χ0v) is 11.7. The van der Waals surface area contributed by atoms with Crippen molar-refractivity contribution in [2.24, 2.45) is 0 Å². The van der Waals surface area contributed by atoms with Crippen LogP contribution in [0.3, 0.4) is 0 Å². The van der Waals surface area contributed by atoms with E-state index >= 15 is 0 Å². The second kappa shape index (κ2) is 6.14. The lowest BCUT2D eigenvalue weighted by atomic mass is 9.93. The predicted octanol–water partition coefficient (Wildman–Crippen LogP) is 4.17. The quantitative estimate of drug-likeness (QED) is 0.888. The molecule has 1 N–H and O–H groups in total. The van der Waals surface area contributed by atoms with E-state index in [4.69, 9.17) is 0 Å². The highest BCUT2D eigenvalue weighted by Gasteiger charge is 2.16. The Hall–Kier alpha value is -1.74. The molecule has 1 atom stereocenters.